The molecule has 2 aliphatic rings. The number of nitrogens with zero attached hydrogens (tertiary/aromatic N) is 2. The van der Waals surface area contributed by atoms with E-state index in [4.69, 9.17) is 25.6 Å². The number of rotatable bonds is 4. The van der Waals surface area contributed by atoms with Gasteiger partial charge in [-0.3, -0.25) is 0 Å². The van der Waals surface area contributed by atoms with Crippen LogP contribution in [-0.2, 0) is 16.1 Å². The number of carbonyl (C=O) groups excluding carboxylic acids is 1. The van der Waals surface area contributed by atoms with Crippen LogP contribution < -0.4 is 4.74 Å². The van der Waals surface area contributed by atoms with Crippen molar-refractivity contribution in [1.29, 1.82) is 0 Å². The summed E-state index contributed by atoms with van der Waals surface area (Å²) >= 11 is 5.95. The Labute approximate surface area is 137 Å². The van der Waals surface area contributed by atoms with Gasteiger partial charge >= 0.3 is 5.97 Å². The van der Waals surface area contributed by atoms with E-state index in [1.54, 1.807) is 24.3 Å². The molecule has 118 valence electrons. The van der Waals surface area contributed by atoms with Gasteiger partial charge in [0.25, 0.3) is 0 Å². The largest absolute Gasteiger partial charge is 0.488 e. The molecule has 0 N–H and O–H groups in total. The molecule has 0 saturated heterocycles. The third-order valence-electron chi connectivity index (χ3n) is 3.69. The number of fused-ring (bicyclic) bond motifs is 1. The van der Waals surface area contributed by atoms with Crippen molar-refractivity contribution < 1.29 is 18.8 Å². The highest BCUT2D eigenvalue weighted by Gasteiger charge is 2.29. The molecular formula is C16H13ClN2O4. The molecule has 0 spiro atoms. The van der Waals surface area contributed by atoms with Crippen molar-refractivity contribution in [2.24, 2.45) is 0 Å². The Hall–Kier alpha value is -2.34. The number of esters is 1. The second-order valence-electron chi connectivity index (χ2n) is 5.54. The van der Waals surface area contributed by atoms with Crippen LogP contribution in [0.15, 0.2) is 28.3 Å². The number of ether oxygens (including phenoxy) is 2. The zero-order valence-electron chi connectivity index (χ0n) is 12.1. The van der Waals surface area contributed by atoms with Gasteiger partial charge in [-0.15, -0.1) is 0 Å². The van der Waals surface area contributed by atoms with Crippen molar-refractivity contribution in [2.45, 2.75) is 25.4 Å². The molecule has 0 amide bonds. The number of carbonyl (C=O) groups is 1. The topological polar surface area (TPSA) is 74.5 Å². The standard InChI is InChI=1S/C16H13ClN2O4/c17-12-3-4-13-10(6-12)5-11(7-21-13)16(20)22-8-14-18-15(23-19-14)9-1-2-9/h3-6,9H,1-2,7-8H2. The van der Waals surface area contributed by atoms with Crippen LogP contribution in [0, 0.1) is 0 Å². The van der Waals surface area contributed by atoms with Gasteiger partial charge in [0.2, 0.25) is 11.7 Å². The summed E-state index contributed by atoms with van der Waals surface area (Å²) in [7, 11) is 0. The maximum atomic E-state index is 12.1. The Kier molecular flexibility index (Phi) is 3.53. The smallest absolute Gasteiger partial charge is 0.337 e. The van der Waals surface area contributed by atoms with E-state index in [1.165, 1.54) is 0 Å². The van der Waals surface area contributed by atoms with Gasteiger partial charge in [-0.2, -0.15) is 4.98 Å². The first-order chi connectivity index (χ1) is 11.2. The Balaban J connectivity index is 1.42. The number of hydrogen-bond donors (Lipinski definition) is 0. The Morgan fingerprint density at radius 1 is 1.39 bits per heavy atom. The zero-order chi connectivity index (χ0) is 15.8. The highest BCUT2D eigenvalue weighted by atomic mass is 35.5. The van der Waals surface area contributed by atoms with E-state index in [1.807, 2.05) is 0 Å². The zero-order valence-corrected chi connectivity index (χ0v) is 12.9. The van der Waals surface area contributed by atoms with Crippen LogP contribution >= 0.6 is 11.6 Å². The summed E-state index contributed by atoms with van der Waals surface area (Å²) in [5.41, 5.74) is 1.18. The Bertz CT molecular complexity index is 795. The maximum Gasteiger partial charge on any atom is 0.337 e. The van der Waals surface area contributed by atoms with Crippen molar-refractivity contribution in [3.8, 4) is 5.75 Å². The molecule has 1 aliphatic carbocycles. The molecule has 1 fully saturated rings. The highest BCUT2D eigenvalue weighted by Crippen LogP contribution is 2.38. The summed E-state index contributed by atoms with van der Waals surface area (Å²) in [6.07, 6.45) is 3.88. The predicted octanol–water partition coefficient (Wildman–Crippen LogP) is 3.12. The van der Waals surface area contributed by atoms with Crippen LogP contribution in [0.5, 0.6) is 5.75 Å². The van der Waals surface area contributed by atoms with Gasteiger partial charge in [-0.25, -0.2) is 4.79 Å². The third-order valence-corrected chi connectivity index (χ3v) is 3.92. The average molecular weight is 333 g/mol. The maximum absolute atomic E-state index is 12.1. The first-order valence-corrected chi connectivity index (χ1v) is 7.69. The molecule has 4 rings (SSSR count). The molecule has 0 unspecified atom stereocenters. The summed E-state index contributed by atoms with van der Waals surface area (Å²) < 4.78 is 15.9. The van der Waals surface area contributed by atoms with E-state index >= 15 is 0 Å². The second-order valence-corrected chi connectivity index (χ2v) is 5.98. The fraction of sp³-hybridized carbons (Fsp3) is 0.312. The SMILES string of the molecule is O=C(OCc1noc(C2CC2)n1)C1=Cc2cc(Cl)ccc2OC1. The second kappa shape index (κ2) is 5.70. The quantitative estimate of drug-likeness (QED) is 0.801. The van der Waals surface area contributed by atoms with Crippen molar-refractivity contribution in [1.82, 2.24) is 10.1 Å². The molecule has 1 saturated carbocycles. The van der Waals surface area contributed by atoms with E-state index < -0.39 is 5.97 Å². The molecule has 0 atom stereocenters. The van der Waals surface area contributed by atoms with Crippen LogP contribution in [0.4, 0.5) is 0 Å². The lowest BCUT2D eigenvalue weighted by atomic mass is 10.1. The molecule has 0 radical (unpaired) electrons. The average Bonchev–Trinajstić information content (AvgIpc) is 3.30. The predicted molar refractivity (Wildman–Crippen MR) is 81.0 cm³/mol. The third kappa shape index (κ3) is 3.07. The Morgan fingerprint density at radius 2 is 2.26 bits per heavy atom. The molecule has 0 bridgehead atoms. The lowest BCUT2D eigenvalue weighted by molar-refractivity contribution is -0.140. The first kappa shape index (κ1) is 14.3. The van der Waals surface area contributed by atoms with Crippen LogP contribution in [0.2, 0.25) is 5.02 Å². The van der Waals surface area contributed by atoms with Gasteiger partial charge in [0.15, 0.2) is 6.61 Å². The van der Waals surface area contributed by atoms with Crippen LogP contribution in [0.25, 0.3) is 6.08 Å². The fourth-order valence-electron chi connectivity index (χ4n) is 2.31. The van der Waals surface area contributed by atoms with E-state index in [0.29, 0.717) is 34.0 Å². The molecule has 23 heavy (non-hydrogen) atoms. The van der Waals surface area contributed by atoms with Gasteiger partial charge in [-0.05, 0) is 37.1 Å². The van der Waals surface area contributed by atoms with Crippen LogP contribution in [-0.4, -0.2) is 22.7 Å². The molecule has 2 aromatic rings. The molecule has 7 heteroatoms. The minimum atomic E-state index is -0.464. The molecular weight excluding hydrogens is 320 g/mol. The summed E-state index contributed by atoms with van der Waals surface area (Å²) in [6.45, 7) is 0.141. The minimum absolute atomic E-state index is 0.0191. The summed E-state index contributed by atoms with van der Waals surface area (Å²) in [6, 6.07) is 5.25. The van der Waals surface area contributed by atoms with Crippen molar-refractivity contribution >= 4 is 23.6 Å². The number of halogens is 1. The van der Waals surface area contributed by atoms with Crippen molar-refractivity contribution in [3.05, 3.63) is 46.1 Å². The molecule has 1 aromatic heterocycles. The first-order valence-electron chi connectivity index (χ1n) is 7.31. The lowest BCUT2D eigenvalue weighted by Gasteiger charge is -2.17. The number of aromatic nitrogens is 2. The van der Waals surface area contributed by atoms with Crippen LogP contribution in [0.1, 0.15) is 36.0 Å². The van der Waals surface area contributed by atoms with E-state index in [9.17, 15) is 4.79 Å². The molecule has 2 heterocycles. The van der Waals surface area contributed by atoms with Gasteiger partial charge in [0, 0.05) is 16.5 Å². The molecule has 6 nitrogen and oxygen atoms in total. The van der Waals surface area contributed by atoms with Gasteiger partial charge in [-0.1, -0.05) is 16.8 Å². The molecule has 1 aliphatic heterocycles. The van der Waals surface area contributed by atoms with Gasteiger partial charge < -0.3 is 14.0 Å². The van der Waals surface area contributed by atoms with Gasteiger partial charge in [0.1, 0.15) is 12.4 Å². The molecule has 1 aromatic carbocycles. The minimum Gasteiger partial charge on any atom is -0.488 e. The van der Waals surface area contributed by atoms with Crippen molar-refractivity contribution in [2.75, 3.05) is 6.61 Å². The van der Waals surface area contributed by atoms with Crippen molar-refractivity contribution in [3.63, 3.8) is 0 Å². The van der Waals surface area contributed by atoms with Crippen LogP contribution in [0.3, 0.4) is 0 Å². The number of hydrogen-bond acceptors (Lipinski definition) is 6. The fourth-order valence-corrected chi connectivity index (χ4v) is 2.49. The van der Waals surface area contributed by atoms with E-state index in [2.05, 4.69) is 10.1 Å². The van der Waals surface area contributed by atoms with E-state index in [0.717, 1.165) is 18.4 Å². The summed E-state index contributed by atoms with van der Waals surface area (Å²) in [5, 5.41) is 4.39. The highest BCUT2D eigenvalue weighted by molar-refractivity contribution is 6.30. The number of benzene rings is 1. The summed E-state index contributed by atoms with van der Waals surface area (Å²) in [4.78, 5) is 16.3. The monoisotopic (exact) mass is 332 g/mol. The normalized spacial score (nSPS) is 16.3. The summed E-state index contributed by atoms with van der Waals surface area (Å²) in [5.74, 6) is 1.61. The van der Waals surface area contributed by atoms with E-state index in [-0.39, 0.29) is 13.2 Å². The Morgan fingerprint density at radius 3 is 3.09 bits per heavy atom. The van der Waals surface area contributed by atoms with Gasteiger partial charge in [0.05, 0.1) is 5.57 Å². The lowest BCUT2D eigenvalue weighted by Crippen LogP contribution is -2.17.